The van der Waals surface area contributed by atoms with E-state index in [1.165, 1.54) is 11.3 Å². The summed E-state index contributed by atoms with van der Waals surface area (Å²) in [6.45, 7) is 1.94. The van der Waals surface area contributed by atoms with E-state index < -0.39 is 0 Å². The van der Waals surface area contributed by atoms with Gasteiger partial charge in [-0.15, -0.1) is 11.3 Å². The zero-order valence-electron chi connectivity index (χ0n) is 8.76. The topological polar surface area (TPSA) is 17.1 Å². The highest BCUT2D eigenvalue weighted by Crippen LogP contribution is 2.34. The van der Waals surface area contributed by atoms with Crippen molar-refractivity contribution in [3.05, 3.63) is 53.0 Å². The number of ketones is 1. The zero-order valence-corrected chi connectivity index (χ0v) is 14.3. The number of halogens is 3. The first kappa shape index (κ1) is 13.5. The van der Waals surface area contributed by atoms with Gasteiger partial charge < -0.3 is 0 Å². The quantitative estimate of drug-likeness (QED) is 0.560. The Bertz CT molecular complexity index is 589. The molecule has 88 valence electrons. The Morgan fingerprint density at radius 2 is 1.88 bits per heavy atom. The Hall–Kier alpha value is 0.0300. The standard InChI is InChI=1S/C12H7Br3OS/c1-6-7(3-2-4-9(6)13)11(16)8-5-10(14)17-12(8)15/h2-5H,1H3. The van der Waals surface area contributed by atoms with Gasteiger partial charge in [-0.05, 0) is 56.5 Å². The van der Waals surface area contributed by atoms with Crippen LogP contribution < -0.4 is 0 Å². The van der Waals surface area contributed by atoms with Crippen LogP contribution in [0.1, 0.15) is 21.5 Å². The molecule has 0 bridgehead atoms. The lowest BCUT2D eigenvalue weighted by molar-refractivity contribution is 0.103. The van der Waals surface area contributed by atoms with Gasteiger partial charge >= 0.3 is 0 Å². The average Bonchev–Trinajstić information content (AvgIpc) is 2.61. The third-order valence-corrected chi connectivity index (χ3v) is 5.61. The summed E-state index contributed by atoms with van der Waals surface area (Å²) in [5, 5.41) is 0. The van der Waals surface area contributed by atoms with Crippen LogP contribution >= 0.6 is 59.1 Å². The van der Waals surface area contributed by atoms with Gasteiger partial charge in [0.2, 0.25) is 0 Å². The van der Waals surface area contributed by atoms with Crippen molar-refractivity contribution in [2.24, 2.45) is 0 Å². The highest BCUT2D eigenvalue weighted by atomic mass is 79.9. The number of hydrogen-bond acceptors (Lipinski definition) is 2. The molecule has 2 aromatic rings. The molecule has 2 rings (SSSR count). The van der Waals surface area contributed by atoms with Crippen molar-refractivity contribution in [1.29, 1.82) is 0 Å². The minimum atomic E-state index is 0.0395. The maximum absolute atomic E-state index is 12.4. The predicted molar refractivity (Wildman–Crippen MR) is 82.0 cm³/mol. The maximum atomic E-state index is 12.4. The molecule has 0 amide bonds. The molecular weight excluding hydrogens is 432 g/mol. The molecule has 0 saturated carbocycles. The van der Waals surface area contributed by atoms with E-state index >= 15 is 0 Å². The fraction of sp³-hybridized carbons (Fsp3) is 0.0833. The van der Waals surface area contributed by atoms with Crippen LogP contribution in [-0.2, 0) is 0 Å². The summed E-state index contributed by atoms with van der Waals surface area (Å²) in [7, 11) is 0. The van der Waals surface area contributed by atoms with Gasteiger partial charge in [-0.25, -0.2) is 0 Å². The van der Waals surface area contributed by atoms with Crippen LogP contribution in [0.2, 0.25) is 0 Å². The molecule has 0 spiro atoms. The van der Waals surface area contributed by atoms with Crippen LogP contribution in [0, 0.1) is 6.92 Å². The molecular formula is C12H7Br3OS. The van der Waals surface area contributed by atoms with E-state index in [-0.39, 0.29) is 5.78 Å². The van der Waals surface area contributed by atoms with Crippen LogP contribution in [0.5, 0.6) is 0 Å². The number of rotatable bonds is 2. The summed E-state index contributed by atoms with van der Waals surface area (Å²) in [4.78, 5) is 12.4. The average molecular weight is 439 g/mol. The van der Waals surface area contributed by atoms with E-state index in [4.69, 9.17) is 0 Å². The molecule has 0 N–H and O–H groups in total. The minimum Gasteiger partial charge on any atom is -0.289 e. The summed E-state index contributed by atoms with van der Waals surface area (Å²) in [5.41, 5.74) is 2.39. The Morgan fingerprint density at radius 3 is 2.47 bits per heavy atom. The van der Waals surface area contributed by atoms with Gasteiger partial charge in [0, 0.05) is 15.6 Å². The Kier molecular flexibility index (Phi) is 4.23. The normalized spacial score (nSPS) is 10.6. The largest absolute Gasteiger partial charge is 0.289 e. The second kappa shape index (κ2) is 5.34. The Balaban J connectivity index is 2.51. The molecule has 1 aromatic heterocycles. The van der Waals surface area contributed by atoms with E-state index in [9.17, 15) is 4.79 Å². The lowest BCUT2D eigenvalue weighted by Gasteiger charge is -2.05. The zero-order chi connectivity index (χ0) is 12.6. The van der Waals surface area contributed by atoms with Crippen molar-refractivity contribution in [2.45, 2.75) is 6.92 Å². The third kappa shape index (κ3) is 2.72. The summed E-state index contributed by atoms with van der Waals surface area (Å²) < 4.78 is 2.75. The minimum absolute atomic E-state index is 0.0395. The molecule has 17 heavy (non-hydrogen) atoms. The second-order valence-corrected chi connectivity index (χ2v) is 8.08. The summed E-state index contributed by atoms with van der Waals surface area (Å²) in [6.07, 6.45) is 0. The van der Waals surface area contributed by atoms with Gasteiger partial charge in [0.1, 0.15) is 0 Å². The van der Waals surface area contributed by atoms with Gasteiger partial charge in [0.15, 0.2) is 5.78 Å². The molecule has 5 heteroatoms. The highest BCUT2D eigenvalue weighted by molar-refractivity contribution is 9.12. The SMILES string of the molecule is Cc1c(Br)cccc1C(=O)c1cc(Br)sc1Br. The monoisotopic (exact) mass is 436 g/mol. The van der Waals surface area contributed by atoms with Crippen molar-refractivity contribution in [2.75, 3.05) is 0 Å². The number of carbonyl (C=O) groups is 1. The molecule has 0 atom stereocenters. The molecule has 0 saturated heterocycles. The predicted octanol–water partition coefficient (Wildman–Crippen LogP) is 5.58. The van der Waals surface area contributed by atoms with E-state index in [0.29, 0.717) is 5.56 Å². The summed E-state index contributed by atoms with van der Waals surface area (Å²) in [6, 6.07) is 7.50. The molecule has 0 aliphatic heterocycles. The molecule has 0 fully saturated rings. The first-order valence-corrected chi connectivity index (χ1v) is 7.95. The fourth-order valence-electron chi connectivity index (χ4n) is 1.49. The van der Waals surface area contributed by atoms with E-state index in [0.717, 1.165) is 23.2 Å². The molecule has 0 unspecified atom stereocenters. The van der Waals surface area contributed by atoms with Crippen molar-refractivity contribution in [3.63, 3.8) is 0 Å². The van der Waals surface area contributed by atoms with Gasteiger partial charge in [0.05, 0.1) is 7.57 Å². The molecule has 1 aromatic carbocycles. The number of carbonyl (C=O) groups excluding carboxylic acids is 1. The number of benzene rings is 1. The van der Waals surface area contributed by atoms with E-state index in [1.54, 1.807) is 0 Å². The van der Waals surface area contributed by atoms with Gasteiger partial charge in [0.25, 0.3) is 0 Å². The maximum Gasteiger partial charge on any atom is 0.195 e. The first-order chi connectivity index (χ1) is 8.00. The van der Waals surface area contributed by atoms with Crippen LogP contribution in [0.15, 0.2) is 36.3 Å². The van der Waals surface area contributed by atoms with Gasteiger partial charge in [-0.2, -0.15) is 0 Å². The van der Waals surface area contributed by atoms with Crippen LogP contribution in [0.3, 0.4) is 0 Å². The number of hydrogen-bond donors (Lipinski definition) is 0. The molecule has 0 aliphatic rings. The molecule has 0 radical (unpaired) electrons. The fourth-order valence-corrected chi connectivity index (χ4v) is 4.65. The smallest absolute Gasteiger partial charge is 0.195 e. The van der Waals surface area contributed by atoms with Crippen molar-refractivity contribution in [3.8, 4) is 0 Å². The molecule has 1 heterocycles. The van der Waals surface area contributed by atoms with Crippen molar-refractivity contribution >= 4 is 64.9 Å². The van der Waals surface area contributed by atoms with Crippen LogP contribution in [-0.4, -0.2) is 5.78 Å². The number of thiophene rings is 1. The summed E-state index contributed by atoms with van der Waals surface area (Å²) >= 11 is 11.7. The van der Waals surface area contributed by atoms with E-state index in [1.807, 2.05) is 31.2 Å². The summed E-state index contributed by atoms with van der Waals surface area (Å²) in [5.74, 6) is 0.0395. The van der Waals surface area contributed by atoms with Crippen LogP contribution in [0.4, 0.5) is 0 Å². The lowest BCUT2D eigenvalue weighted by Crippen LogP contribution is -2.03. The molecule has 1 nitrogen and oxygen atoms in total. The van der Waals surface area contributed by atoms with Crippen molar-refractivity contribution in [1.82, 2.24) is 0 Å². The van der Waals surface area contributed by atoms with Crippen molar-refractivity contribution < 1.29 is 4.79 Å². The Labute approximate surface area is 129 Å². The molecule has 0 aliphatic carbocycles. The van der Waals surface area contributed by atoms with E-state index in [2.05, 4.69) is 47.8 Å². The highest BCUT2D eigenvalue weighted by Gasteiger charge is 2.17. The Morgan fingerprint density at radius 1 is 1.18 bits per heavy atom. The van der Waals surface area contributed by atoms with Gasteiger partial charge in [-0.1, -0.05) is 28.1 Å². The first-order valence-electron chi connectivity index (χ1n) is 4.75. The van der Waals surface area contributed by atoms with Crippen LogP contribution in [0.25, 0.3) is 0 Å². The third-order valence-electron chi connectivity index (χ3n) is 2.41. The van der Waals surface area contributed by atoms with Gasteiger partial charge in [-0.3, -0.25) is 4.79 Å². The lowest BCUT2D eigenvalue weighted by atomic mass is 10.0. The second-order valence-electron chi connectivity index (χ2n) is 3.48.